The highest BCUT2D eigenvalue weighted by atomic mass is 35.5. The molecule has 1 aliphatic heterocycles. The summed E-state index contributed by atoms with van der Waals surface area (Å²) in [4.78, 5) is 25.6. The Balaban J connectivity index is 1.71. The number of carbonyl (C=O) groups is 2. The second kappa shape index (κ2) is 8.86. The fraction of sp³-hybridized carbons (Fsp3) is 0.500. The molecule has 1 saturated heterocycles. The van der Waals surface area contributed by atoms with E-state index in [-0.39, 0.29) is 24.6 Å². The maximum Gasteiger partial charge on any atom is 0.315 e. The predicted molar refractivity (Wildman–Crippen MR) is 91.7 cm³/mol. The minimum atomic E-state index is -0.393. The molecule has 0 bridgehead atoms. The van der Waals surface area contributed by atoms with Crippen molar-refractivity contribution in [3.63, 3.8) is 0 Å². The number of amides is 3. The molecule has 4 N–H and O–H groups in total. The number of nitrogens with zero attached hydrogens (tertiary/aromatic N) is 1. The van der Waals surface area contributed by atoms with Crippen molar-refractivity contribution in [1.82, 2.24) is 15.5 Å². The lowest BCUT2D eigenvalue weighted by Crippen LogP contribution is -2.53. The van der Waals surface area contributed by atoms with E-state index in [1.54, 1.807) is 17.0 Å². The molecule has 0 spiro atoms. The van der Waals surface area contributed by atoms with Crippen molar-refractivity contribution in [2.45, 2.75) is 25.6 Å². The zero-order valence-corrected chi connectivity index (χ0v) is 14.4. The van der Waals surface area contributed by atoms with Crippen molar-refractivity contribution in [3.8, 4) is 0 Å². The van der Waals surface area contributed by atoms with Crippen LogP contribution in [0.15, 0.2) is 24.3 Å². The molecule has 1 fully saturated rings. The summed E-state index contributed by atoms with van der Waals surface area (Å²) in [5, 5.41) is 5.90. The van der Waals surface area contributed by atoms with Crippen molar-refractivity contribution in [1.29, 1.82) is 0 Å². The van der Waals surface area contributed by atoms with Crippen molar-refractivity contribution >= 4 is 23.5 Å². The van der Waals surface area contributed by atoms with E-state index in [2.05, 4.69) is 10.6 Å². The summed E-state index contributed by atoms with van der Waals surface area (Å²) in [7, 11) is 0. The Morgan fingerprint density at radius 1 is 1.38 bits per heavy atom. The van der Waals surface area contributed by atoms with Gasteiger partial charge < -0.3 is 26.0 Å². The molecule has 24 heavy (non-hydrogen) atoms. The number of nitrogens with one attached hydrogen (secondary N) is 2. The van der Waals surface area contributed by atoms with Crippen LogP contribution in [-0.2, 0) is 16.1 Å². The van der Waals surface area contributed by atoms with Gasteiger partial charge in [-0.25, -0.2) is 4.79 Å². The number of urea groups is 1. The van der Waals surface area contributed by atoms with Gasteiger partial charge in [-0.3, -0.25) is 4.79 Å². The lowest BCUT2D eigenvalue weighted by molar-refractivity contribution is -0.138. The summed E-state index contributed by atoms with van der Waals surface area (Å²) in [5.74, 6) is -0.148. The monoisotopic (exact) mass is 354 g/mol. The standard InChI is InChI=1S/C16H23ClN4O3/c1-11(18)14-10-21(6-7-24-14)15(22)9-20-16(23)19-8-12-2-4-13(17)5-3-12/h2-5,11,14H,6-10,18H2,1H3,(H2,19,20,23)/t11-,14-/m0/s1. The van der Waals surface area contributed by atoms with Crippen LogP contribution in [0.2, 0.25) is 5.02 Å². The van der Waals surface area contributed by atoms with E-state index in [0.29, 0.717) is 31.3 Å². The highest BCUT2D eigenvalue weighted by Gasteiger charge is 2.26. The zero-order chi connectivity index (χ0) is 17.5. The van der Waals surface area contributed by atoms with Gasteiger partial charge in [-0.1, -0.05) is 23.7 Å². The van der Waals surface area contributed by atoms with E-state index in [9.17, 15) is 9.59 Å². The van der Waals surface area contributed by atoms with Gasteiger partial charge >= 0.3 is 6.03 Å². The molecule has 8 heteroatoms. The molecule has 2 atom stereocenters. The number of benzene rings is 1. The second-order valence-electron chi connectivity index (χ2n) is 5.77. The number of ether oxygens (including phenoxy) is 1. The number of hydrogen-bond acceptors (Lipinski definition) is 4. The van der Waals surface area contributed by atoms with Gasteiger partial charge in [-0.2, -0.15) is 0 Å². The Kier molecular flexibility index (Phi) is 6.84. The first-order valence-corrected chi connectivity index (χ1v) is 8.24. The minimum absolute atomic E-state index is 0.0574. The van der Waals surface area contributed by atoms with E-state index in [4.69, 9.17) is 22.1 Å². The van der Waals surface area contributed by atoms with Crippen molar-refractivity contribution in [2.75, 3.05) is 26.2 Å². The van der Waals surface area contributed by atoms with E-state index in [1.807, 2.05) is 19.1 Å². The van der Waals surface area contributed by atoms with Crippen LogP contribution in [-0.4, -0.2) is 55.2 Å². The molecule has 0 saturated carbocycles. The molecular weight excluding hydrogens is 332 g/mol. The van der Waals surface area contributed by atoms with Crippen molar-refractivity contribution < 1.29 is 14.3 Å². The first-order valence-electron chi connectivity index (χ1n) is 7.87. The molecule has 1 heterocycles. The van der Waals surface area contributed by atoms with Gasteiger partial charge in [0.1, 0.15) is 0 Å². The van der Waals surface area contributed by atoms with Crippen LogP contribution in [0.4, 0.5) is 4.79 Å². The number of morpholine rings is 1. The number of carbonyl (C=O) groups excluding carboxylic acids is 2. The summed E-state index contributed by atoms with van der Waals surface area (Å²) in [6.07, 6.45) is -0.165. The second-order valence-corrected chi connectivity index (χ2v) is 6.21. The van der Waals surface area contributed by atoms with Crippen LogP contribution in [0.1, 0.15) is 12.5 Å². The Labute approximate surface area is 146 Å². The molecule has 0 aliphatic carbocycles. The van der Waals surface area contributed by atoms with Crippen molar-refractivity contribution in [3.05, 3.63) is 34.9 Å². The normalized spacial score (nSPS) is 18.8. The van der Waals surface area contributed by atoms with E-state index < -0.39 is 6.03 Å². The molecule has 3 amide bonds. The number of hydrogen-bond donors (Lipinski definition) is 3. The maximum atomic E-state index is 12.2. The summed E-state index contributed by atoms with van der Waals surface area (Å²) in [6.45, 7) is 3.57. The Bertz CT molecular complexity index is 565. The molecule has 0 radical (unpaired) electrons. The molecule has 0 aromatic heterocycles. The molecular formula is C16H23ClN4O3. The summed E-state index contributed by atoms with van der Waals surface area (Å²) < 4.78 is 5.51. The van der Waals surface area contributed by atoms with E-state index in [0.717, 1.165) is 5.56 Å². The molecule has 1 aromatic carbocycles. The lowest BCUT2D eigenvalue weighted by Gasteiger charge is -2.34. The third kappa shape index (κ3) is 5.67. The van der Waals surface area contributed by atoms with Crippen LogP contribution in [0, 0.1) is 0 Å². The topological polar surface area (TPSA) is 96.7 Å². The predicted octanol–water partition coefficient (Wildman–Crippen LogP) is 0.714. The Morgan fingerprint density at radius 3 is 2.75 bits per heavy atom. The summed E-state index contributed by atoms with van der Waals surface area (Å²) in [6, 6.07) is 6.64. The fourth-order valence-corrected chi connectivity index (χ4v) is 2.46. The Morgan fingerprint density at radius 2 is 2.08 bits per heavy atom. The third-order valence-corrected chi connectivity index (χ3v) is 4.05. The fourth-order valence-electron chi connectivity index (χ4n) is 2.33. The zero-order valence-electron chi connectivity index (χ0n) is 13.6. The smallest absolute Gasteiger partial charge is 0.315 e. The molecule has 1 aromatic rings. The van der Waals surface area contributed by atoms with Crippen LogP contribution in [0.3, 0.4) is 0 Å². The van der Waals surface area contributed by atoms with Gasteiger partial charge in [-0.05, 0) is 24.6 Å². The minimum Gasteiger partial charge on any atom is -0.373 e. The first kappa shape index (κ1) is 18.5. The van der Waals surface area contributed by atoms with Gasteiger partial charge in [0.15, 0.2) is 0 Å². The lowest BCUT2D eigenvalue weighted by atomic mass is 10.1. The number of halogens is 1. The summed E-state index contributed by atoms with van der Waals surface area (Å²) >= 11 is 5.80. The third-order valence-electron chi connectivity index (χ3n) is 3.80. The highest BCUT2D eigenvalue weighted by molar-refractivity contribution is 6.30. The van der Waals surface area contributed by atoms with Gasteiger partial charge in [0.25, 0.3) is 0 Å². The highest BCUT2D eigenvalue weighted by Crippen LogP contribution is 2.09. The molecule has 7 nitrogen and oxygen atoms in total. The SMILES string of the molecule is C[C@H](N)[C@@H]1CN(C(=O)CNC(=O)NCc2ccc(Cl)cc2)CCO1. The molecule has 132 valence electrons. The van der Waals surface area contributed by atoms with Crippen molar-refractivity contribution in [2.24, 2.45) is 5.73 Å². The van der Waals surface area contributed by atoms with E-state index in [1.165, 1.54) is 0 Å². The van der Waals surface area contributed by atoms with Gasteiger partial charge in [-0.15, -0.1) is 0 Å². The van der Waals surface area contributed by atoms with Crippen LogP contribution < -0.4 is 16.4 Å². The first-order chi connectivity index (χ1) is 11.5. The van der Waals surface area contributed by atoms with Crippen LogP contribution >= 0.6 is 11.6 Å². The van der Waals surface area contributed by atoms with Gasteiger partial charge in [0, 0.05) is 30.7 Å². The molecule has 1 aliphatic rings. The number of nitrogens with two attached hydrogens (primary N) is 1. The molecule has 2 rings (SSSR count). The molecule has 0 unspecified atom stereocenters. The quantitative estimate of drug-likeness (QED) is 0.725. The summed E-state index contributed by atoms with van der Waals surface area (Å²) in [5.41, 5.74) is 6.73. The van der Waals surface area contributed by atoms with Gasteiger partial charge in [0.05, 0.1) is 19.3 Å². The van der Waals surface area contributed by atoms with Crippen LogP contribution in [0.5, 0.6) is 0 Å². The van der Waals surface area contributed by atoms with Gasteiger partial charge in [0.2, 0.25) is 5.91 Å². The average molecular weight is 355 g/mol. The van der Waals surface area contributed by atoms with Crippen LogP contribution in [0.25, 0.3) is 0 Å². The maximum absolute atomic E-state index is 12.2. The average Bonchev–Trinajstić information content (AvgIpc) is 2.59. The Hall–Kier alpha value is -1.83. The number of rotatable bonds is 5. The largest absolute Gasteiger partial charge is 0.373 e. The van der Waals surface area contributed by atoms with E-state index >= 15 is 0 Å².